The van der Waals surface area contributed by atoms with Gasteiger partial charge in [-0.15, -0.1) is 0 Å². The van der Waals surface area contributed by atoms with Gasteiger partial charge in [-0.25, -0.2) is 4.39 Å². The first-order valence-electron chi connectivity index (χ1n) is 8.16. The molecule has 5 nitrogen and oxygen atoms in total. The highest BCUT2D eigenvalue weighted by Gasteiger charge is 2.26. The summed E-state index contributed by atoms with van der Waals surface area (Å²) in [5, 5.41) is 5.00. The van der Waals surface area contributed by atoms with Crippen molar-refractivity contribution in [2.24, 2.45) is 7.05 Å². The lowest BCUT2D eigenvalue weighted by Crippen LogP contribution is -2.37. The van der Waals surface area contributed by atoms with E-state index < -0.39 is 0 Å². The highest BCUT2D eigenvalue weighted by Crippen LogP contribution is 2.29. The number of H-pyrrole nitrogens is 1. The molecule has 3 aromatic rings. The first-order valence-corrected chi connectivity index (χ1v) is 8.16. The van der Waals surface area contributed by atoms with E-state index in [1.165, 1.54) is 17.7 Å². The molecule has 6 heteroatoms. The Morgan fingerprint density at radius 3 is 2.83 bits per heavy atom. The molecule has 0 aliphatic carbocycles. The van der Waals surface area contributed by atoms with E-state index in [0.29, 0.717) is 17.0 Å². The van der Waals surface area contributed by atoms with Crippen LogP contribution < -0.4 is 0 Å². The standard InChI is InChI=1S/C18H19FN4O/c1-22-11-13(9-21-22)12-4-6-23(7-5-12)18(24)16-10-20-17-8-14(19)2-3-15(16)17/h2-3,8-12,20H,4-7H2,1H3. The summed E-state index contributed by atoms with van der Waals surface area (Å²) in [5.41, 5.74) is 2.51. The number of fused-ring (bicyclic) bond motifs is 1. The van der Waals surface area contributed by atoms with E-state index in [1.807, 2.05) is 22.8 Å². The summed E-state index contributed by atoms with van der Waals surface area (Å²) in [6.07, 6.45) is 7.52. The Labute approximate surface area is 139 Å². The number of halogens is 1. The molecule has 0 atom stereocenters. The van der Waals surface area contributed by atoms with Crippen LogP contribution in [0.4, 0.5) is 4.39 Å². The highest BCUT2D eigenvalue weighted by molar-refractivity contribution is 6.06. The van der Waals surface area contributed by atoms with E-state index in [2.05, 4.69) is 16.3 Å². The second-order valence-electron chi connectivity index (χ2n) is 6.41. The monoisotopic (exact) mass is 326 g/mol. The maximum absolute atomic E-state index is 13.3. The maximum Gasteiger partial charge on any atom is 0.256 e. The number of aromatic amines is 1. The van der Waals surface area contributed by atoms with Crippen molar-refractivity contribution in [2.75, 3.05) is 13.1 Å². The summed E-state index contributed by atoms with van der Waals surface area (Å²) in [7, 11) is 1.92. The van der Waals surface area contributed by atoms with Gasteiger partial charge in [0.2, 0.25) is 0 Å². The van der Waals surface area contributed by atoms with E-state index in [0.717, 1.165) is 31.3 Å². The van der Waals surface area contributed by atoms with Gasteiger partial charge in [0.15, 0.2) is 0 Å². The molecule has 1 aliphatic rings. The number of hydrogen-bond donors (Lipinski definition) is 1. The molecule has 0 saturated carbocycles. The number of aryl methyl sites for hydroxylation is 1. The van der Waals surface area contributed by atoms with Gasteiger partial charge < -0.3 is 9.88 Å². The Balaban J connectivity index is 1.49. The number of rotatable bonds is 2. The van der Waals surface area contributed by atoms with E-state index in [9.17, 15) is 9.18 Å². The first kappa shape index (κ1) is 14.9. The molecule has 4 rings (SSSR count). The Kier molecular flexibility index (Phi) is 3.59. The molecular weight excluding hydrogens is 307 g/mol. The van der Waals surface area contributed by atoms with Crippen LogP contribution >= 0.6 is 0 Å². The third-order valence-electron chi connectivity index (χ3n) is 4.85. The predicted octanol–water partition coefficient (Wildman–Crippen LogP) is 3.06. The van der Waals surface area contributed by atoms with Crippen LogP contribution in [0.2, 0.25) is 0 Å². The molecule has 1 aliphatic heterocycles. The molecule has 1 N–H and O–H groups in total. The lowest BCUT2D eigenvalue weighted by Gasteiger charge is -2.31. The van der Waals surface area contributed by atoms with Gasteiger partial charge >= 0.3 is 0 Å². The van der Waals surface area contributed by atoms with Gasteiger partial charge in [-0.2, -0.15) is 5.10 Å². The highest BCUT2D eigenvalue weighted by atomic mass is 19.1. The summed E-state index contributed by atoms with van der Waals surface area (Å²) in [6.45, 7) is 1.46. The van der Waals surface area contributed by atoms with Crippen molar-refractivity contribution < 1.29 is 9.18 Å². The number of benzene rings is 1. The minimum absolute atomic E-state index is 0.0116. The fourth-order valence-electron chi connectivity index (χ4n) is 3.51. The number of carbonyl (C=O) groups excluding carboxylic acids is 1. The van der Waals surface area contributed by atoms with Crippen LogP contribution in [0.5, 0.6) is 0 Å². The number of nitrogens with one attached hydrogen (secondary N) is 1. The third kappa shape index (κ3) is 2.58. The molecule has 0 bridgehead atoms. The average molecular weight is 326 g/mol. The Morgan fingerprint density at radius 2 is 2.12 bits per heavy atom. The SMILES string of the molecule is Cn1cc(C2CCN(C(=O)c3c[nH]c4cc(F)ccc34)CC2)cn1. The average Bonchev–Trinajstić information content (AvgIpc) is 3.20. The quantitative estimate of drug-likeness (QED) is 0.787. The van der Waals surface area contributed by atoms with Crippen LogP contribution in [-0.2, 0) is 7.05 Å². The number of likely N-dealkylation sites (tertiary alicyclic amines) is 1. The smallest absolute Gasteiger partial charge is 0.256 e. The van der Waals surface area contributed by atoms with E-state index in [-0.39, 0.29) is 11.7 Å². The fraction of sp³-hybridized carbons (Fsp3) is 0.333. The summed E-state index contributed by atoms with van der Waals surface area (Å²) in [6, 6.07) is 4.47. The normalized spacial score (nSPS) is 16.0. The first-order chi connectivity index (χ1) is 11.6. The summed E-state index contributed by atoms with van der Waals surface area (Å²) < 4.78 is 15.1. The molecule has 1 saturated heterocycles. The topological polar surface area (TPSA) is 53.9 Å². The molecule has 3 heterocycles. The minimum atomic E-state index is -0.305. The molecule has 0 radical (unpaired) electrons. The molecule has 0 spiro atoms. The van der Waals surface area contributed by atoms with E-state index in [1.54, 1.807) is 12.3 Å². The number of nitrogens with zero attached hydrogens (tertiary/aromatic N) is 3. The van der Waals surface area contributed by atoms with Crippen LogP contribution in [0.15, 0.2) is 36.8 Å². The molecule has 124 valence electrons. The number of amides is 1. The molecule has 2 aromatic heterocycles. The Bertz CT molecular complexity index is 889. The second kappa shape index (κ2) is 5.78. The van der Waals surface area contributed by atoms with Crippen LogP contribution in [0, 0.1) is 5.82 Å². The van der Waals surface area contributed by atoms with Gasteiger partial charge in [-0.3, -0.25) is 9.48 Å². The number of piperidine rings is 1. The van der Waals surface area contributed by atoms with Crippen molar-refractivity contribution in [2.45, 2.75) is 18.8 Å². The molecule has 1 fully saturated rings. The Hall–Kier alpha value is -2.63. The zero-order valence-electron chi connectivity index (χ0n) is 13.5. The number of hydrogen-bond acceptors (Lipinski definition) is 2. The van der Waals surface area contributed by atoms with Gasteiger partial charge in [-0.05, 0) is 42.5 Å². The summed E-state index contributed by atoms with van der Waals surface area (Å²) in [5.74, 6) is 0.165. The second-order valence-corrected chi connectivity index (χ2v) is 6.41. The van der Waals surface area contributed by atoms with Crippen LogP contribution in [0.1, 0.15) is 34.7 Å². The van der Waals surface area contributed by atoms with Gasteiger partial charge in [0.25, 0.3) is 5.91 Å². The van der Waals surface area contributed by atoms with Crippen LogP contribution in [0.25, 0.3) is 10.9 Å². The van der Waals surface area contributed by atoms with E-state index in [4.69, 9.17) is 0 Å². The molecule has 24 heavy (non-hydrogen) atoms. The van der Waals surface area contributed by atoms with E-state index >= 15 is 0 Å². The molecular formula is C18H19FN4O. The van der Waals surface area contributed by atoms with Crippen molar-refractivity contribution in [3.8, 4) is 0 Å². The molecule has 0 unspecified atom stereocenters. The predicted molar refractivity (Wildman–Crippen MR) is 89.3 cm³/mol. The van der Waals surface area contributed by atoms with Crippen molar-refractivity contribution in [3.05, 3.63) is 53.7 Å². The molecule has 1 aromatic carbocycles. The minimum Gasteiger partial charge on any atom is -0.360 e. The van der Waals surface area contributed by atoms with Crippen molar-refractivity contribution >= 4 is 16.8 Å². The lowest BCUT2D eigenvalue weighted by atomic mass is 9.91. The van der Waals surface area contributed by atoms with Crippen molar-refractivity contribution in [1.82, 2.24) is 19.7 Å². The van der Waals surface area contributed by atoms with Crippen LogP contribution in [-0.4, -0.2) is 38.7 Å². The largest absolute Gasteiger partial charge is 0.360 e. The zero-order chi connectivity index (χ0) is 16.7. The summed E-state index contributed by atoms with van der Waals surface area (Å²) >= 11 is 0. The van der Waals surface area contributed by atoms with Crippen molar-refractivity contribution in [1.29, 1.82) is 0 Å². The fourth-order valence-corrected chi connectivity index (χ4v) is 3.51. The zero-order valence-corrected chi connectivity index (χ0v) is 13.5. The number of carbonyl (C=O) groups is 1. The van der Waals surface area contributed by atoms with Gasteiger partial charge in [0.05, 0.1) is 11.8 Å². The van der Waals surface area contributed by atoms with Gasteiger partial charge in [0, 0.05) is 43.4 Å². The van der Waals surface area contributed by atoms with Crippen molar-refractivity contribution in [3.63, 3.8) is 0 Å². The summed E-state index contributed by atoms with van der Waals surface area (Å²) in [4.78, 5) is 17.7. The van der Waals surface area contributed by atoms with Gasteiger partial charge in [0.1, 0.15) is 5.82 Å². The molecule has 1 amide bonds. The maximum atomic E-state index is 13.3. The Morgan fingerprint density at radius 1 is 1.33 bits per heavy atom. The lowest BCUT2D eigenvalue weighted by molar-refractivity contribution is 0.0715. The third-order valence-corrected chi connectivity index (χ3v) is 4.85. The van der Waals surface area contributed by atoms with Crippen LogP contribution in [0.3, 0.4) is 0 Å². The number of aromatic nitrogens is 3. The van der Waals surface area contributed by atoms with Gasteiger partial charge in [-0.1, -0.05) is 0 Å².